The average molecular weight is 260 g/mol. The molecule has 0 aliphatic carbocycles. The largest absolute Gasteiger partial charge is 0.380 e. The highest BCUT2D eigenvalue weighted by atomic mass is 16.5. The van der Waals surface area contributed by atoms with Crippen LogP contribution in [0.1, 0.15) is 23.9 Å². The van der Waals surface area contributed by atoms with E-state index in [1.54, 1.807) is 19.5 Å². The zero-order valence-electron chi connectivity index (χ0n) is 11.0. The molecule has 0 bridgehead atoms. The second-order valence-corrected chi connectivity index (χ2v) is 4.70. The molecule has 1 N–H and O–H groups in total. The number of ether oxygens (including phenoxy) is 1. The van der Waals surface area contributed by atoms with Crippen molar-refractivity contribution in [3.05, 3.63) is 29.9 Å². The van der Waals surface area contributed by atoms with Crippen molar-refractivity contribution in [3.8, 4) is 11.4 Å². The van der Waals surface area contributed by atoms with Crippen LogP contribution in [0.3, 0.4) is 0 Å². The van der Waals surface area contributed by atoms with E-state index >= 15 is 0 Å². The zero-order valence-corrected chi connectivity index (χ0v) is 11.0. The summed E-state index contributed by atoms with van der Waals surface area (Å²) in [4.78, 5) is 8.53. The standard InChI is InChI=1S/C13H16N4O2/c1-8-6-14-4-3-10(8)12-16-13(19-17-12)11-5-9(18-2)7-15-11/h3-4,6,9,11,15H,5,7H2,1-2H3/t9-,11+/m0/s1. The molecular weight excluding hydrogens is 244 g/mol. The summed E-state index contributed by atoms with van der Waals surface area (Å²) < 4.78 is 10.7. The van der Waals surface area contributed by atoms with Crippen LogP contribution in [0.5, 0.6) is 0 Å². The number of pyridine rings is 1. The monoisotopic (exact) mass is 260 g/mol. The molecule has 1 saturated heterocycles. The summed E-state index contributed by atoms with van der Waals surface area (Å²) in [7, 11) is 1.72. The Hall–Kier alpha value is -1.79. The molecule has 19 heavy (non-hydrogen) atoms. The third-order valence-electron chi connectivity index (χ3n) is 3.42. The highest BCUT2D eigenvalue weighted by molar-refractivity contribution is 5.57. The molecule has 2 aromatic rings. The Kier molecular flexibility index (Phi) is 3.27. The molecule has 0 unspecified atom stereocenters. The summed E-state index contributed by atoms with van der Waals surface area (Å²) >= 11 is 0. The molecule has 0 saturated carbocycles. The highest BCUT2D eigenvalue weighted by Gasteiger charge is 2.29. The van der Waals surface area contributed by atoms with Crippen molar-refractivity contribution in [3.63, 3.8) is 0 Å². The molecule has 3 heterocycles. The van der Waals surface area contributed by atoms with Crippen LogP contribution >= 0.6 is 0 Å². The van der Waals surface area contributed by atoms with E-state index in [0.717, 1.165) is 24.1 Å². The van der Waals surface area contributed by atoms with E-state index in [1.807, 2.05) is 13.0 Å². The number of aryl methyl sites for hydroxylation is 1. The Balaban J connectivity index is 1.82. The molecule has 0 aromatic carbocycles. The molecule has 0 amide bonds. The summed E-state index contributed by atoms with van der Waals surface area (Å²) in [5, 5.41) is 7.37. The fraction of sp³-hybridized carbons (Fsp3) is 0.462. The Bertz CT molecular complexity index is 569. The van der Waals surface area contributed by atoms with Gasteiger partial charge in [-0.05, 0) is 25.0 Å². The Morgan fingerprint density at radius 1 is 1.47 bits per heavy atom. The number of rotatable bonds is 3. The topological polar surface area (TPSA) is 73.1 Å². The van der Waals surface area contributed by atoms with E-state index in [1.165, 1.54) is 0 Å². The lowest BCUT2D eigenvalue weighted by Gasteiger charge is -2.04. The van der Waals surface area contributed by atoms with Gasteiger partial charge in [-0.2, -0.15) is 4.98 Å². The molecule has 0 spiro atoms. The highest BCUT2D eigenvalue weighted by Crippen LogP contribution is 2.26. The molecule has 1 aliphatic heterocycles. The van der Waals surface area contributed by atoms with Crippen LogP contribution in [0.25, 0.3) is 11.4 Å². The van der Waals surface area contributed by atoms with Crippen molar-refractivity contribution in [2.45, 2.75) is 25.5 Å². The average Bonchev–Trinajstić information content (AvgIpc) is 3.08. The summed E-state index contributed by atoms with van der Waals surface area (Å²) in [5.74, 6) is 1.23. The summed E-state index contributed by atoms with van der Waals surface area (Å²) in [6, 6.07) is 1.97. The van der Waals surface area contributed by atoms with Crippen LogP contribution in [0.4, 0.5) is 0 Å². The van der Waals surface area contributed by atoms with Crippen molar-refractivity contribution in [1.82, 2.24) is 20.4 Å². The smallest absolute Gasteiger partial charge is 0.244 e. The van der Waals surface area contributed by atoms with E-state index < -0.39 is 0 Å². The van der Waals surface area contributed by atoms with Gasteiger partial charge in [0.1, 0.15) is 0 Å². The first-order valence-electron chi connectivity index (χ1n) is 6.28. The van der Waals surface area contributed by atoms with E-state index in [0.29, 0.717) is 11.7 Å². The molecular formula is C13H16N4O2. The summed E-state index contributed by atoms with van der Waals surface area (Å²) in [6.45, 7) is 2.79. The predicted octanol–water partition coefficient (Wildman–Crippen LogP) is 1.49. The lowest BCUT2D eigenvalue weighted by Crippen LogP contribution is -2.16. The van der Waals surface area contributed by atoms with Gasteiger partial charge in [0.05, 0.1) is 12.1 Å². The van der Waals surface area contributed by atoms with Gasteiger partial charge in [-0.25, -0.2) is 0 Å². The van der Waals surface area contributed by atoms with Gasteiger partial charge in [-0.15, -0.1) is 0 Å². The van der Waals surface area contributed by atoms with Crippen LogP contribution in [0, 0.1) is 6.92 Å². The van der Waals surface area contributed by atoms with Gasteiger partial charge in [0.2, 0.25) is 11.7 Å². The van der Waals surface area contributed by atoms with Gasteiger partial charge in [0, 0.05) is 31.6 Å². The SMILES string of the molecule is CO[C@@H]1CN[C@@H](c2nc(-c3ccncc3C)no2)C1. The van der Waals surface area contributed by atoms with Gasteiger partial charge in [-0.3, -0.25) is 4.98 Å². The molecule has 6 nitrogen and oxygen atoms in total. The second kappa shape index (κ2) is 5.07. The van der Waals surface area contributed by atoms with E-state index in [2.05, 4.69) is 20.4 Å². The van der Waals surface area contributed by atoms with E-state index in [-0.39, 0.29) is 12.1 Å². The summed E-state index contributed by atoms with van der Waals surface area (Å²) in [5.41, 5.74) is 1.98. The minimum absolute atomic E-state index is 0.0772. The van der Waals surface area contributed by atoms with Crippen molar-refractivity contribution in [2.75, 3.05) is 13.7 Å². The number of nitrogens with one attached hydrogen (secondary N) is 1. The van der Waals surface area contributed by atoms with E-state index in [9.17, 15) is 0 Å². The van der Waals surface area contributed by atoms with Crippen LogP contribution in [-0.2, 0) is 4.74 Å². The Labute approximate surface area is 111 Å². The van der Waals surface area contributed by atoms with Crippen LogP contribution in [0.2, 0.25) is 0 Å². The van der Waals surface area contributed by atoms with Crippen molar-refractivity contribution >= 4 is 0 Å². The maximum absolute atomic E-state index is 5.35. The maximum atomic E-state index is 5.35. The molecule has 2 aromatic heterocycles. The number of aromatic nitrogens is 3. The zero-order chi connectivity index (χ0) is 13.2. The molecule has 1 aliphatic rings. The van der Waals surface area contributed by atoms with Crippen molar-refractivity contribution in [2.24, 2.45) is 0 Å². The van der Waals surface area contributed by atoms with Crippen LogP contribution in [0.15, 0.2) is 23.0 Å². The minimum atomic E-state index is 0.0772. The number of nitrogens with zero attached hydrogens (tertiary/aromatic N) is 3. The fourth-order valence-corrected chi connectivity index (χ4v) is 2.28. The molecule has 0 radical (unpaired) electrons. The van der Waals surface area contributed by atoms with Crippen molar-refractivity contribution < 1.29 is 9.26 Å². The van der Waals surface area contributed by atoms with Gasteiger partial charge < -0.3 is 14.6 Å². The fourth-order valence-electron chi connectivity index (χ4n) is 2.28. The number of hydrogen-bond donors (Lipinski definition) is 1. The summed E-state index contributed by atoms with van der Waals surface area (Å²) in [6.07, 6.45) is 4.59. The van der Waals surface area contributed by atoms with Gasteiger partial charge in [0.15, 0.2) is 0 Å². The predicted molar refractivity (Wildman–Crippen MR) is 68.4 cm³/mol. The number of hydrogen-bond acceptors (Lipinski definition) is 6. The quantitative estimate of drug-likeness (QED) is 0.901. The lowest BCUT2D eigenvalue weighted by atomic mass is 10.1. The first-order valence-corrected chi connectivity index (χ1v) is 6.28. The first-order chi connectivity index (χ1) is 9.28. The lowest BCUT2D eigenvalue weighted by molar-refractivity contribution is 0.116. The van der Waals surface area contributed by atoms with E-state index in [4.69, 9.17) is 9.26 Å². The molecule has 2 atom stereocenters. The molecule has 100 valence electrons. The third-order valence-corrected chi connectivity index (χ3v) is 3.42. The van der Waals surface area contributed by atoms with Gasteiger partial charge in [-0.1, -0.05) is 5.16 Å². The molecule has 3 rings (SSSR count). The van der Waals surface area contributed by atoms with Crippen LogP contribution < -0.4 is 5.32 Å². The van der Waals surface area contributed by atoms with Gasteiger partial charge >= 0.3 is 0 Å². The normalized spacial score (nSPS) is 22.8. The van der Waals surface area contributed by atoms with Gasteiger partial charge in [0.25, 0.3) is 0 Å². The van der Waals surface area contributed by atoms with Crippen molar-refractivity contribution in [1.29, 1.82) is 0 Å². The first kappa shape index (κ1) is 12.3. The molecule has 1 fully saturated rings. The molecule has 6 heteroatoms. The minimum Gasteiger partial charge on any atom is -0.380 e. The Morgan fingerprint density at radius 2 is 2.37 bits per heavy atom. The maximum Gasteiger partial charge on any atom is 0.244 e. The number of methoxy groups -OCH3 is 1. The second-order valence-electron chi connectivity index (χ2n) is 4.70. The van der Waals surface area contributed by atoms with Crippen LogP contribution in [-0.4, -0.2) is 34.9 Å². The third kappa shape index (κ3) is 2.36. The Morgan fingerprint density at radius 3 is 3.11 bits per heavy atom.